The Morgan fingerprint density at radius 3 is 2.84 bits per heavy atom. The highest BCUT2D eigenvalue weighted by Gasteiger charge is 2.23. The van der Waals surface area contributed by atoms with Gasteiger partial charge in [0.05, 0.1) is 12.5 Å². The van der Waals surface area contributed by atoms with Crippen LogP contribution in [0, 0.1) is 0 Å². The average Bonchev–Trinajstić information content (AvgIpc) is 2.62. The maximum atomic E-state index is 12.2. The molecule has 1 fully saturated rings. The summed E-state index contributed by atoms with van der Waals surface area (Å²) < 4.78 is 5.19. The molecule has 0 radical (unpaired) electrons. The van der Waals surface area contributed by atoms with E-state index < -0.39 is 0 Å². The summed E-state index contributed by atoms with van der Waals surface area (Å²) in [7, 11) is 1.61. The monoisotopic (exact) mass is 310 g/mol. The number of hydrogen-bond acceptors (Lipinski definition) is 4. The molecule has 1 aliphatic heterocycles. The van der Waals surface area contributed by atoms with E-state index in [0.717, 1.165) is 25.3 Å². The van der Waals surface area contributed by atoms with Crippen molar-refractivity contribution < 1.29 is 9.53 Å². The zero-order valence-electron chi connectivity index (χ0n) is 12.0. The van der Waals surface area contributed by atoms with Crippen molar-refractivity contribution in [3.05, 3.63) is 0 Å². The van der Waals surface area contributed by atoms with Crippen LogP contribution in [0.5, 0.6) is 0 Å². The molecule has 0 spiro atoms. The predicted molar refractivity (Wildman–Crippen MR) is 84.1 cm³/mol. The largest absolute Gasteiger partial charge is 0.380 e. The van der Waals surface area contributed by atoms with Gasteiger partial charge in [-0.1, -0.05) is 13.3 Å². The summed E-state index contributed by atoms with van der Waals surface area (Å²) in [5.41, 5.74) is 5.57. The minimum Gasteiger partial charge on any atom is -0.380 e. The zero-order valence-corrected chi connectivity index (χ0v) is 13.6. The molecule has 1 saturated heterocycles. The number of carbonyl (C=O) groups is 1. The van der Waals surface area contributed by atoms with E-state index in [1.165, 1.54) is 12.8 Å². The number of carbonyl (C=O) groups excluding carboxylic acids is 1. The van der Waals surface area contributed by atoms with Gasteiger partial charge in [-0.15, -0.1) is 12.4 Å². The Hall–Kier alpha value is 0.0300. The Morgan fingerprint density at radius 2 is 2.26 bits per heavy atom. The SMILES string of the molecule is CCSC1CCCCN(C(=O)CC(CN)OC)C1.Cl. The van der Waals surface area contributed by atoms with Crippen LogP contribution in [0.25, 0.3) is 0 Å². The van der Waals surface area contributed by atoms with E-state index in [1.807, 2.05) is 16.7 Å². The van der Waals surface area contributed by atoms with Crippen LogP contribution in [-0.4, -0.2) is 54.7 Å². The lowest BCUT2D eigenvalue weighted by Gasteiger charge is -2.25. The van der Waals surface area contributed by atoms with Gasteiger partial charge in [0.25, 0.3) is 0 Å². The van der Waals surface area contributed by atoms with Crippen LogP contribution in [0.3, 0.4) is 0 Å². The maximum Gasteiger partial charge on any atom is 0.225 e. The van der Waals surface area contributed by atoms with Gasteiger partial charge in [0.1, 0.15) is 0 Å². The molecule has 1 heterocycles. The maximum absolute atomic E-state index is 12.2. The van der Waals surface area contributed by atoms with Crippen LogP contribution in [0.4, 0.5) is 0 Å². The number of methoxy groups -OCH3 is 1. The van der Waals surface area contributed by atoms with Gasteiger partial charge in [-0.05, 0) is 18.6 Å². The molecule has 0 saturated carbocycles. The minimum atomic E-state index is -0.141. The van der Waals surface area contributed by atoms with Crippen LogP contribution in [-0.2, 0) is 9.53 Å². The summed E-state index contributed by atoms with van der Waals surface area (Å²) in [6, 6.07) is 0. The second-order valence-electron chi connectivity index (χ2n) is 4.71. The predicted octanol–water partition coefficient (Wildman–Crippen LogP) is 1.91. The minimum absolute atomic E-state index is 0. The highest BCUT2D eigenvalue weighted by atomic mass is 35.5. The summed E-state index contributed by atoms with van der Waals surface area (Å²) >= 11 is 1.97. The molecule has 2 atom stereocenters. The lowest BCUT2D eigenvalue weighted by molar-refractivity contribution is -0.133. The number of nitrogens with zero attached hydrogens (tertiary/aromatic N) is 1. The van der Waals surface area contributed by atoms with Crippen molar-refractivity contribution in [2.24, 2.45) is 5.73 Å². The summed E-state index contributed by atoms with van der Waals surface area (Å²) in [5, 5.41) is 0.598. The summed E-state index contributed by atoms with van der Waals surface area (Å²) in [4.78, 5) is 14.2. The number of hydrogen-bond donors (Lipinski definition) is 1. The Bertz CT molecular complexity index is 253. The first-order valence-corrected chi connectivity index (χ1v) is 7.88. The van der Waals surface area contributed by atoms with Gasteiger partial charge in [-0.2, -0.15) is 11.8 Å². The van der Waals surface area contributed by atoms with E-state index in [9.17, 15) is 4.79 Å². The van der Waals surface area contributed by atoms with Crippen molar-refractivity contribution in [3.8, 4) is 0 Å². The molecule has 114 valence electrons. The van der Waals surface area contributed by atoms with Gasteiger partial charge < -0.3 is 15.4 Å². The number of amides is 1. The van der Waals surface area contributed by atoms with Crippen LogP contribution < -0.4 is 5.73 Å². The molecule has 4 nitrogen and oxygen atoms in total. The fourth-order valence-electron chi connectivity index (χ4n) is 2.29. The fourth-order valence-corrected chi connectivity index (χ4v) is 3.38. The van der Waals surface area contributed by atoms with Crippen molar-refractivity contribution in [2.45, 2.75) is 44.0 Å². The van der Waals surface area contributed by atoms with E-state index in [0.29, 0.717) is 18.2 Å². The number of rotatable bonds is 6. The van der Waals surface area contributed by atoms with Crippen LogP contribution in [0.1, 0.15) is 32.6 Å². The van der Waals surface area contributed by atoms with Gasteiger partial charge in [0.15, 0.2) is 0 Å². The molecule has 2 N–H and O–H groups in total. The standard InChI is InChI=1S/C13H26N2O2S.ClH/c1-3-18-12-6-4-5-7-15(10-12)13(16)8-11(9-14)17-2;/h11-12H,3-10,14H2,1-2H3;1H. The van der Waals surface area contributed by atoms with Gasteiger partial charge in [0.2, 0.25) is 5.91 Å². The first kappa shape index (κ1) is 19.0. The van der Waals surface area contributed by atoms with Crippen molar-refractivity contribution in [1.82, 2.24) is 4.90 Å². The van der Waals surface area contributed by atoms with Crippen molar-refractivity contribution in [1.29, 1.82) is 0 Å². The lowest BCUT2D eigenvalue weighted by atomic mass is 10.2. The van der Waals surface area contributed by atoms with Gasteiger partial charge >= 0.3 is 0 Å². The van der Waals surface area contributed by atoms with Gasteiger partial charge in [-0.25, -0.2) is 0 Å². The second kappa shape index (κ2) is 10.8. The molecule has 1 aliphatic rings. The van der Waals surface area contributed by atoms with E-state index in [2.05, 4.69) is 6.92 Å². The number of halogens is 1. The smallest absolute Gasteiger partial charge is 0.225 e. The first-order valence-electron chi connectivity index (χ1n) is 6.83. The van der Waals surface area contributed by atoms with Crippen LogP contribution >= 0.6 is 24.2 Å². The van der Waals surface area contributed by atoms with E-state index in [1.54, 1.807) is 7.11 Å². The molecule has 0 aliphatic carbocycles. The van der Waals surface area contributed by atoms with Gasteiger partial charge in [-0.3, -0.25) is 4.79 Å². The van der Waals surface area contributed by atoms with E-state index in [-0.39, 0.29) is 24.4 Å². The zero-order chi connectivity index (χ0) is 13.4. The molecule has 1 amide bonds. The van der Waals surface area contributed by atoms with Crippen molar-refractivity contribution in [3.63, 3.8) is 0 Å². The van der Waals surface area contributed by atoms with Crippen LogP contribution in [0.2, 0.25) is 0 Å². The Morgan fingerprint density at radius 1 is 1.53 bits per heavy atom. The fraction of sp³-hybridized carbons (Fsp3) is 0.923. The Kier molecular flexibility index (Phi) is 10.8. The normalized spacial score (nSPS) is 21.4. The van der Waals surface area contributed by atoms with E-state index >= 15 is 0 Å². The Balaban J connectivity index is 0.00000324. The molecule has 0 bridgehead atoms. The summed E-state index contributed by atoms with van der Waals surface area (Å²) in [6.45, 7) is 4.36. The molecule has 0 aromatic carbocycles. The van der Waals surface area contributed by atoms with E-state index in [4.69, 9.17) is 10.5 Å². The lowest BCUT2D eigenvalue weighted by Crippen LogP contribution is -2.39. The number of ether oxygens (including phenoxy) is 1. The van der Waals surface area contributed by atoms with Crippen molar-refractivity contribution in [2.75, 3.05) is 32.5 Å². The second-order valence-corrected chi connectivity index (χ2v) is 6.29. The molecule has 19 heavy (non-hydrogen) atoms. The quantitative estimate of drug-likeness (QED) is 0.814. The molecule has 6 heteroatoms. The number of likely N-dealkylation sites (tertiary alicyclic amines) is 1. The third kappa shape index (κ3) is 6.84. The molecule has 0 aromatic heterocycles. The first-order chi connectivity index (χ1) is 8.71. The average molecular weight is 311 g/mol. The van der Waals surface area contributed by atoms with Crippen molar-refractivity contribution >= 4 is 30.1 Å². The highest BCUT2D eigenvalue weighted by Crippen LogP contribution is 2.22. The number of thioether (sulfide) groups is 1. The molecular formula is C13H27ClN2O2S. The summed E-state index contributed by atoms with van der Waals surface area (Å²) in [6.07, 6.45) is 3.85. The molecular weight excluding hydrogens is 284 g/mol. The topological polar surface area (TPSA) is 55.6 Å². The number of nitrogens with two attached hydrogens (primary N) is 1. The molecule has 0 aromatic rings. The molecule has 2 unspecified atom stereocenters. The van der Waals surface area contributed by atoms with Crippen LogP contribution in [0.15, 0.2) is 0 Å². The third-order valence-corrected chi connectivity index (χ3v) is 4.57. The third-order valence-electron chi connectivity index (χ3n) is 3.38. The van der Waals surface area contributed by atoms with Gasteiger partial charge in [0, 0.05) is 32.0 Å². The highest BCUT2D eigenvalue weighted by molar-refractivity contribution is 7.99. The Labute approximate surface area is 127 Å². The summed E-state index contributed by atoms with van der Waals surface area (Å²) in [5.74, 6) is 1.31. The molecule has 1 rings (SSSR count).